The van der Waals surface area contributed by atoms with Crippen LogP contribution in [-0.2, 0) is 0 Å². The molecule has 0 saturated carbocycles. The monoisotopic (exact) mass is 293 g/mol. The number of Topliss-reactive ketones (excluding diaryl/α,β-unsaturated/α-hetero) is 1. The number of carbonyl (C=O) groups excluding carboxylic acids is 1. The number of carboxylic acid groups (broad SMARTS) is 1. The van der Waals surface area contributed by atoms with Crippen molar-refractivity contribution in [3.8, 4) is 22.1 Å². The number of aromatic carboxylic acids is 1. The molecule has 0 radical (unpaired) electrons. The van der Waals surface area contributed by atoms with E-state index in [0.717, 1.165) is 11.3 Å². The molecule has 0 unspecified atom stereocenters. The Bertz CT molecular complexity index is 661. The number of phenols is 1. The fraction of sp³-hybridized carbons (Fsp3) is 0.154. The number of ketones is 1. The average Bonchev–Trinajstić information content (AvgIpc) is 2.84. The molecule has 0 aliphatic carbocycles. The number of thiazole rings is 1. The molecular formula is C13H11NO5S. The number of aromatic nitrogens is 1. The molecule has 1 heterocycles. The van der Waals surface area contributed by atoms with Crippen molar-refractivity contribution in [2.24, 2.45) is 0 Å². The molecule has 0 bridgehead atoms. The van der Waals surface area contributed by atoms with Crippen LogP contribution in [0.15, 0.2) is 18.2 Å². The Morgan fingerprint density at radius 2 is 2.05 bits per heavy atom. The predicted octanol–water partition coefficient (Wildman–Crippen LogP) is 2.43. The third kappa shape index (κ3) is 2.48. The molecule has 2 rings (SSSR count). The van der Waals surface area contributed by atoms with E-state index in [1.54, 1.807) is 12.1 Å². The van der Waals surface area contributed by atoms with Crippen LogP contribution in [0.5, 0.6) is 11.5 Å². The maximum Gasteiger partial charge on any atom is 0.356 e. The van der Waals surface area contributed by atoms with E-state index in [0.29, 0.717) is 16.3 Å². The van der Waals surface area contributed by atoms with E-state index in [2.05, 4.69) is 4.98 Å². The first-order valence-electron chi connectivity index (χ1n) is 5.56. The number of hydrogen-bond acceptors (Lipinski definition) is 6. The molecule has 1 aromatic heterocycles. The normalized spacial score (nSPS) is 10.3. The number of nitrogens with zero attached hydrogens (tertiary/aromatic N) is 1. The van der Waals surface area contributed by atoms with E-state index in [-0.39, 0.29) is 22.1 Å². The van der Waals surface area contributed by atoms with Gasteiger partial charge in [0.15, 0.2) is 23.0 Å². The molecule has 0 amide bonds. The number of hydrogen-bond donors (Lipinski definition) is 2. The van der Waals surface area contributed by atoms with Crippen molar-refractivity contribution in [1.82, 2.24) is 4.98 Å². The zero-order chi connectivity index (χ0) is 14.9. The van der Waals surface area contributed by atoms with E-state index < -0.39 is 5.97 Å². The van der Waals surface area contributed by atoms with Crippen LogP contribution in [-0.4, -0.2) is 34.1 Å². The first-order valence-corrected chi connectivity index (χ1v) is 6.38. The minimum atomic E-state index is -1.25. The minimum absolute atomic E-state index is 0.0820. The van der Waals surface area contributed by atoms with Gasteiger partial charge in [0, 0.05) is 12.5 Å². The summed E-state index contributed by atoms with van der Waals surface area (Å²) in [6, 6.07) is 4.58. The van der Waals surface area contributed by atoms with Crippen LogP contribution in [0.3, 0.4) is 0 Å². The van der Waals surface area contributed by atoms with Crippen molar-refractivity contribution in [3.05, 3.63) is 28.8 Å². The molecule has 104 valence electrons. The lowest BCUT2D eigenvalue weighted by Gasteiger charge is -2.03. The second-order valence-corrected chi connectivity index (χ2v) is 4.94. The lowest BCUT2D eigenvalue weighted by Crippen LogP contribution is -2.03. The van der Waals surface area contributed by atoms with Crippen LogP contribution in [0.25, 0.3) is 10.6 Å². The number of phenolic OH excluding ortho intramolecular Hbond substituents is 1. The van der Waals surface area contributed by atoms with Gasteiger partial charge in [0.1, 0.15) is 9.88 Å². The van der Waals surface area contributed by atoms with Gasteiger partial charge in [-0.3, -0.25) is 4.79 Å². The maximum absolute atomic E-state index is 11.4. The summed E-state index contributed by atoms with van der Waals surface area (Å²) in [5.74, 6) is -1.39. The van der Waals surface area contributed by atoms with Gasteiger partial charge in [-0.1, -0.05) is 0 Å². The van der Waals surface area contributed by atoms with Gasteiger partial charge in [-0.2, -0.15) is 0 Å². The molecule has 2 N–H and O–H groups in total. The third-order valence-corrected chi connectivity index (χ3v) is 3.78. The second-order valence-electron chi connectivity index (χ2n) is 3.94. The van der Waals surface area contributed by atoms with Gasteiger partial charge in [0.2, 0.25) is 0 Å². The molecule has 0 fully saturated rings. The van der Waals surface area contributed by atoms with Gasteiger partial charge in [0.05, 0.1) is 7.11 Å². The number of rotatable bonds is 4. The maximum atomic E-state index is 11.4. The van der Waals surface area contributed by atoms with Crippen molar-refractivity contribution in [3.63, 3.8) is 0 Å². The topological polar surface area (TPSA) is 96.7 Å². The van der Waals surface area contributed by atoms with Gasteiger partial charge in [-0.05, 0) is 18.2 Å². The molecule has 7 heteroatoms. The Hall–Kier alpha value is -2.41. The molecule has 6 nitrogen and oxygen atoms in total. The molecule has 0 aliphatic rings. The largest absolute Gasteiger partial charge is 0.504 e. The van der Waals surface area contributed by atoms with Crippen molar-refractivity contribution in [1.29, 1.82) is 0 Å². The minimum Gasteiger partial charge on any atom is -0.504 e. The summed E-state index contributed by atoms with van der Waals surface area (Å²) in [5, 5.41) is 19.1. The number of ether oxygens (including phenoxy) is 1. The Balaban J connectivity index is 2.53. The standard InChI is InChI=1S/C13H11NO5S/c1-6(15)11-10(13(17)18)14-12(20-11)7-3-4-9(19-2)8(16)5-7/h3-5,16H,1-2H3,(H,17,18). The van der Waals surface area contributed by atoms with E-state index >= 15 is 0 Å². The van der Waals surface area contributed by atoms with E-state index in [1.807, 2.05) is 0 Å². The molecule has 0 saturated heterocycles. The highest BCUT2D eigenvalue weighted by Crippen LogP contribution is 2.34. The highest BCUT2D eigenvalue weighted by atomic mass is 32.1. The molecule has 0 aliphatic heterocycles. The zero-order valence-corrected chi connectivity index (χ0v) is 11.5. The first kappa shape index (κ1) is 14.0. The molecule has 0 spiro atoms. The van der Waals surface area contributed by atoms with Crippen LogP contribution in [0, 0.1) is 0 Å². The van der Waals surface area contributed by atoms with Crippen molar-refractivity contribution >= 4 is 23.1 Å². The second kappa shape index (κ2) is 5.30. The summed E-state index contributed by atoms with van der Waals surface area (Å²) >= 11 is 0.978. The van der Waals surface area contributed by atoms with Gasteiger partial charge < -0.3 is 14.9 Å². The van der Waals surface area contributed by atoms with Crippen LogP contribution >= 0.6 is 11.3 Å². The lowest BCUT2D eigenvalue weighted by molar-refractivity contribution is 0.0687. The Morgan fingerprint density at radius 1 is 1.35 bits per heavy atom. The van der Waals surface area contributed by atoms with E-state index in [1.165, 1.54) is 20.1 Å². The van der Waals surface area contributed by atoms with Crippen LogP contribution in [0.4, 0.5) is 0 Å². The smallest absolute Gasteiger partial charge is 0.356 e. The summed E-state index contributed by atoms with van der Waals surface area (Å²) < 4.78 is 4.93. The van der Waals surface area contributed by atoms with E-state index in [9.17, 15) is 14.7 Å². The summed E-state index contributed by atoms with van der Waals surface area (Å²) in [4.78, 5) is 26.5. The van der Waals surface area contributed by atoms with Crippen molar-refractivity contribution in [2.75, 3.05) is 7.11 Å². The molecular weight excluding hydrogens is 282 g/mol. The van der Waals surface area contributed by atoms with Crippen molar-refractivity contribution in [2.45, 2.75) is 6.92 Å². The quantitative estimate of drug-likeness (QED) is 0.840. The molecule has 20 heavy (non-hydrogen) atoms. The molecule has 2 aromatic rings. The summed E-state index contributed by atoms with van der Waals surface area (Å²) in [6.07, 6.45) is 0. The van der Waals surface area contributed by atoms with Gasteiger partial charge >= 0.3 is 5.97 Å². The van der Waals surface area contributed by atoms with Gasteiger partial charge in [-0.25, -0.2) is 9.78 Å². The third-order valence-electron chi connectivity index (χ3n) is 2.58. The number of aromatic hydroxyl groups is 1. The summed E-state index contributed by atoms with van der Waals surface area (Å²) in [6.45, 7) is 1.29. The van der Waals surface area contributed by atoms with Crippen LogP contribution < -0.4 is 4.74 Å². The lowest BCUT2D eigenvalue weighted by atomic mass is 10.2. The Morgan fingerprint density at radius 3 is 2.50 bits per heavy atom. The van der Waals surface area contributed by atoms with Crippen molar-refractivity contribution < 1.29 is 24.5 Å². The highest BCUT2D eigenvalue weighted by Gasteiger charge is 2.21. The number of methoxy groups -OCH3 is 1. The number of carboxylic acids is 1. The fourth-order valence-electron chi connectivity index (χ4n) is 1.65. The predicted molar refractivity (Wildman–Crippen MR) is 72.7 cm³/mol. The zero-order valence-electron chi connectivity index (χ0n) is 10.7. The van der Waals surface area contributed by atoms with Crippen LogP contribution in [0.1, 0.15) is 27.1 Å². The van der Waals surface area contributed by atoms with Crippen LogP contribution in [0.2, 0.25) is 0 Å². The Kier molecular flexibility index (Phi) is 3.71. The molecule has 0 atom stereocenters. The SMILES string of the molecule is COc1ccc(-c2nc(C(=O)O)c(C(C)=O)s2)cc1O. The highest BCUT2D eigenvalue weighted by molar-refractivity contribution is 7.17. The molecule has 1 aromatic carbocycles. The first-order chi connectivity index (χ1) is 9.43. The summed E-state index contributed by atoms with van der Waals surface area (Å²) in [5.41, 5.74) is 0.246. The van der Waals surface area contributed by atoms with Gasteiger partial charge in [-0.15, -0.1) is 11.3 Å². The number of carbonyl (C=O) groups is 2. The Labute approximate surface area is 118 Å². The van der Waals surface area contributed by atoms with Gasteiger partial charge in [0.25, 0.3) is 0 Å². The van der Waals surface area contributed by atoms with E-state index in [4.69, 9.17) is 9.84 Å². The fourth-order valence-corrected chi connectivity index (χ4v) is 2.60. The number of benzene rings is 1. The average molecular weight is 293 g/mol. The summed E-state index contributed by atoms with van der Waals surface area (Å²) in [7, 11) is 1.43.